The zero-order chi connectivity index (χ0) is 9.26. The Morgan fingerprint density at radius 3 is 2.77 bits per heavy atom. The summed E-state index contributed by atoms with van der Waals surface area (Å²) in [5.74, 6) is 0. The van der Waals surface area contributed by atoms with E-state index in [0.717, 1.165) is 0 Å². The maximum atomic E-state index is 3.25. The number of rotatable bonds is 2. The zero-order valence-electron chi connectivity index (χ0n) is 7.87. The van der Waals surface area contributed by atoms with Crippen LogP contribution in [-0.2, 0) is 0 Å². The highest BCUT2D eigenvalue weighted by atomic mass is 32.1. The molecule has 0 radical (unpaired) electrons. The van der Waals surface area contributed by atoms with E-state index in [0.29, 0.717) is 6.04 Å². The monoisotopic (exact) mass is 191 g/mol. The van der Waals surface area contributed by atoms with Crippen molar-refractivity contribution in [3.8, 4) is 0 Å². The summed E-state index contributed by atoms with van der Waals surface area (Å²) in [6.45, 7) is 2.19. The van der Waals surface area contributed by atoms with Crippen molar-refractivity contribution in [2.75, 3.05) is 7.05 Å². The number of thiophene rings is 1. The minimum atomic E-state index is 0.456. The molecule has 0 fully saturated rings. The van der Waals surface area contributed by atoms with Crippen LogP contribution in [-0.4, -0.2) is 7.05 Å². The van der Waals surface area contributed by atoms with Crippen molar-refractivity contribution < 1.29 is 0 Å². The highest BCUT2D eigenvalue weighted by molar-refractivity contribution is 7.19. The molecule has 13 heavy (non-hydrogen) atoms. The van der Waals surface area contributed by atoms with Gasteiger partial charge in [0.2, 0.25) is 0 Å². The minimum absolute atomic E-state index is 0.456. The third-order valence-electron chi connectivity index (χ3n) is 2.30. The second kappa shape index (κ2) is 3.48. The summed E-state index contributed by atoms with van der Waals surface area (Å²) < 4.78 is 1.37. The van der Waals surface area contributed by atoms with Crippen LogP contribution >= 0.6 is 11.3 Å². The van der Waals surface area contributed by atoms with Crippen LogP contribution in [0.1, 0.15) is 17.8 Å². The fraction of sp³-hybridized carbons (Fsp3) is 0.273. The quantitative estimate of drug-likeness (QED) is 0.768. The summed E-state index contributed by atoms with van der Waals surface area (Å²) in [5, 5.41) is 4.60. The SMILES string of the molecule is CN[C@@H](C)c1cc2ccccc2s1. The van der Waals surface area contributed by atoms with Crippen molar-refractivity contribution in [1.82, 2.24) is 5.32 Å². The molecule has 0 unspecified atom stereocenters. The van der Waals surface area contributed by atoms with Crippen LogP contribution < -0.4 is 5.32 Å². The van der Waals surface area contributed by atoms with Crippen molar-refractivity contribution in [1.29, 1.82) is 0 Å². The Morgan fingerprint density at radius 1 is 1.31 bits per heavy atom. The summed E-state index contributed by atoms with van der Waals surface area (Å²) in [6.07, 6.45) is 0. The van der Waals surface area contributed by atoms with Gasteiger partial charge in [0.25, 0.3) is 0 Å². The van der Waals surface area contributed by atoms with Gasteiger partial charge in [-0.15, -0.1) is 11.3 Å². The Hall–Kier alpha value is -0.860. The Morgan fingerprint density at radius 2 is 2.08 bits per heavy atom. The molecule has 0 bridgehead atoms. The Labute approximate surface area is 82.4 Å². The van der Waals surface area contributed by atoms with Crippen LogP contribution in [0.3, 0.4) is 0 Å². The van der Waals surface area contributed by atoms with Gasteiger partial charge in [0, 0.05) is 15.6 Å². The molecule has 1 heterocycles. The molecule has 68 valence electrons. The van der Waals surface area contributed by atoms with Crippen LogP contribution in [0, 0.1) is 0 Å². The molecule has 1 nitrogen and oxygen atoms in total. The summed E-state index contributed by atoms with van der Waals surface area (Å²) in [6, 6.07) is 11.2. The molecule has 0 amide bonds. The summed E-state index contributed by atoms with van der Waals surface area (Å²) >= 11 is 1.87. The Balaban J connectivity index is 2.49. The first-order valence-corrected chi connectivity index (χ1v) is 5.28. The van der Waals surface area contributed by atoms with Gasteiger partial charge in [0.1, 0.15) is 0 Å². The van der Waals surface area contributed by atoms with Crippen molar-refractivity contribution in [3.05, 3.63) is 35.2 Å². The lowest BCUT2D eigenvalue weighted by Crippen LogP contribution is -2.10. The first-order chi connectivity index (χ1) is 6.31. The van der Waals surface area contributed by atoms with Crippen LogP contribution in [0.2, 0.25) is 0 Å². The van der Waals surface area contributed by atoms with E-state index in [-0.39, 0.29) is 0 Å². The van der Waals surface area contributed by atoms with Crippen molar-refractivity contribution >= 4 is 21.4 Å². The van der Waals surface area contributed by atoms with E-state index in [1.54, 1.807) is 0 Å². The van der Waals surface area contributed by atoms with E-state index < -0.39 is 0 Å². The third kappa shape index (κ3) is 1.60. The molecule has 0 aliphatic carbocycles. The largest absolute Gasteiger partial charge is 0.313 e. The molecule has 2 aromatic rings. The number of fused-ring (bicyclic) bond motifs is 1. The first kappa shape index (κ1) is 8.73. The van der Waals surface area contributed by atoms with Crippen LogP contribution in [0.25, 0.3) is 10.1 Å². The molecule has 0 aliphatic rings. The van der Waals surface area contributed by atoms with E-state index >= 15 is 0 Å². The number of hydrogen-bond acceptors (Lipinski definition) is 2. The number of benzene rings is 1. The highest BCUT2D eigenvalue weighted by Crippen LogP contribution is 2.29. The van der Waals surface area contributed by atoms with E-state index in [1.165, 1.54) is 15.0 Å². The van der Waals surface area contributed by atoms with E-state index in [4.69, 9.17) is 0 Å². The maximum Gasteiger partial charge on any atom is 0.0384 e. The first-order valence-electron chi connectivity index (χ1n) is 4.47. The fourth-order valence-electron chi connectivity index (χ4n) is 1.36. The van der Waals surface area contributed by atoms with Crippen LogP contribution in [0.5, 0.6) is 0 Å². The van der Waals surface area contributed by atoms with Crippen LogP contribution in [0.4, 0.5) is 0 Å². The summed E-state index contributed by atoms with van der Waals surface area (Å²) in [5.41, 5.74) is 0. The standard InChI is InChI=1S/C11H13NS/c1-8(12-2)11-7-9-5-3-4-6-10(9)13-11/h3-8,12H,1-2H3/t8-/m0/s1. The van der Waals surface area contributed by atoms with Crippen molar-refractivity contribution in [2.45, 2.75) is 13.0 Å². The van der Waals surface area contributed by atoms with Gasteiger partial charge in [-0.25, -0.2) is 0 Å². The molecule has 1 N–H and O–H groups in total. The Kier molecular flexibility index (Phi) is 2.34. The fourth-order valence-corrected chi connectivity index (χ4v) is 2.48. The molecule has 0 spiro atoms. The number of hydrogen-bond donors (Lipinski definition) is 1. The Bertz CT molecular complexity index is 372. The molecule has 0 aliphatic heterocycles. The van der Waals surface area contributed by atoms with Crippen molar-refractivity contribution in [2.24, 2.45) is 0 Å². The molecule has 1 aromatic heterocycles. The van der Waals surface area contributed by atoms with E-state index in [2.05, 4.69) is 42.6 Å². The van der Waals surface area contributed by atoms with Gasteiger partial charge in [-0.05, 0) is 31.5 Å². The zero-order valence-corrected chi connectivity index (χ0v) is 8.69. The lowest BCUT2D eigenvalue weighted by atomic mass is 10.2. The second-order valence-corrected chi connectivity index (χ2v) is 4.31. The van der Waals surface area contributed by atoms with Crippen LogP contribution in [0.15, 0.2) is 30.3 Å². The van der Waals surface area contributed by atoms with Gasteiger partial charge in [-0.3, -0.25) is 0 Å². The maximum absolute atomic E-state index is 3.25. The highest BCUT2D eigenvalue weighted by Gasteiger charge is 2.06. The normalized spacial score (nSPS) is 13.4. The molecule has 0 saturated carbocycles. The van der Waals surface area contributed by atoms with Gasteiger partial charge in [-0.2, -0.15) is 0 Å². The van der Waals surface area contributed by atoms with Gasteiger partial charge < -0.3 is 5.32 Å². The van der Waals surface area contributed by atoms with E-state index in [1.807, 2.05) is 18.4 Å². The second-order valence-electron chi connectivity index (χ2n) is 3.20. The molecule has 0 saturated heterocycles. The molecule has 2 rings (SSSR count). The summed E-state index contributed by atoms with van der Waals surface area (Å²) in [4.78, 5) is 1.41. The lowest BCUT2D eigenvalue weighted by Gasteiger charge is -2.05. The molecule has 1 atom stereocenters. The van der Waals surface area contributed by atoms with Gasteiger partial charge >= 0.3 is 0 Å². The molecular formula is C11H13NS. The minimum Gasteiger partial charge on any atom is -0.313 e. The lowest BCUT2D eigenvalue weighted by molar-refractivity contribution is 0.664. The van der Waals surface area contributed by atoms with Gasteiger partial charge in [-0.1, -0.05) is 18.2 Å². The van der Waals surface area contributed by atoms with Crippen molar-refractivity contribution in [3.63, 3.8) is 0 Å². The molecule has 2 heteroatoms. The molecule has 1 aromatic carbocycles. The predicted molar refractivity (Wildman–Crippen MR) is 59.3 cm³/mol. The third-order valence-corrected chi connectivity index (χ3v) is 3.60. The average molecular weight is 191 g/mol. The topological polar surface area (TPSA) is 12.0 Å². The van der Waals surface area contributed by atoms with Gasteiger partial charge in [0.15, 0.2) is 0 Å². The van der Waals surface area contributed by atoms with E-state index in [9.17, 15) is 0 Å². The summed E-state index contributed by atoms with van der Waals surface area (Å²) in [7, 11) is 2.00. The number of nitrogens with one attached hydrogen (secondary N) is 1. The smallest absolute Gasteiger partial charge is 0.0384 e. The predicted octanol–water partition coefficient (Wildman–Crippen LogP) is 3.18. The molecular weight excluding hydrogens is 178 g/mol. The van der Waals surface area contributed by atoms with Gasteiger partial charge in [0.05, 0.1) is 0 Å². The average Bonchev–Trinajstić information content (AvgIpc) is 2.59.